The summed E-state index contributed by atoms with van der Waals surface area (Å²) in [5.41, 5.74) is 0.820. The van der Waals surface area contributed by atoms with Crippen LogP contribution in [0.4, 0.5) is 0 Å². The van der Waals surface area contributed by atoms with Gasteiger partial charge in [-0.25, -0.2) is 0 Å². The van der Waals surface area contributed by atoms with Crippen molar-refractivity contribution in [2.45, 2.75) is 4.90 Å². The second-order valence-electron chi connectivity index (χ2n) is 8.52. The molecule has 0 bridgehead atoms. The summed E-state index contributed by atoms with van der Waals surface area (Å²) in [7, 11) is 0. The molecule has 4 nitrogen and oxygen atoms in total. The summed E-state index contributed by atoms with van der Waals surface area (Å²) in [5.74, 6) is -0.369. The van der Waals surface area contributed by atoms with Crippen LogP contribution in [0, 0.1) is 0 Å². The van der Waals surface area contributed by atoms with Crippen LogP contribution in [0.15, 0.2) is 112 Å². The second-order valence-corrected chi connectivity index (χ2v) is 10.5. The van der Waals surface area contributed by atoms with Gasteiger partial charge >= 0.3 is 0 Å². The minimum atomic E-state index is -0.304. The van der Waals surface area contributed by atoms with E-state index in [0.717, 1.165) is 49.3 Å². The number of carbonyl (C=O) groups is 2. The van der Waals surface area contributed by atoms with Crippen LogP contribution in [0.25, 0.3) is 37.7 Å². The van der Waals surface area contributed by atoms with E-state index in [1.54, 1.807) is 30.4 Å². The number of thioether (sulfide) groups is 1. The molecule has 1 aliphatic heterocycles. The Bertz CT molecular complexity index is 1930. The number of aromatic hydroxyl groups is 1. The lowest BCUT2D eigenvalue weighted by Crippen LogP contribution is -2.17. The Balaban J connectivity index is 1.29. The van der Waals surface area contributed by atoms with Crippen molar-refractivity contribution < 1.29 is 14.7 Å². The fourth-order valence-electron chi connectivity index (χ4n) is 4.50. The summed E-state index contributed by atoms with van der Waals surface area (Å²) in [4.78, 5) is 39.3. The van der Waals surface area contributed by atoms with E-state index in [-0.39, 0.29) is 32.5 Å². The third-order valence-electron chi connectivity index (χ3n) is 6.34. The number of hydrogen-bond donors (Lipinski definition) is 1. The maximum absolute atomic E-state index is 13.0. The average molecular weight is 519 g/mol. The van der Waals surface area contributed by atoms with Crippen molar-refractivity contribution in [3.8, 4) is 5.75 Å². The Morgan fingerprint density at radius 3 is 2.22 bits per heavy atom. The van der Waals surface area contributed by atoms with E-state index < -0.39 is 0 Å². The zero-order valence-corrected chi connectivity index (χ0v) is 20.9. The number of fused-ring (bicyclic) bond motifs is 6. The van der Waals surface area contributed by atoms with Gasteiger partial charge in [0.2, 0.25) is 9.86 Å². The second kappa shape index (κ2) is 9.32. The van der Waals surface area contributed by atoms with Crippen molar-refractivity contribution in [1.82, 2.24) is 0 Å². The first-order chi connectivity index (χ1) is 18.0. The first-order valence-electron chi connectivity index (χ1n) is 11.5. The minimum absolute atomic E-state index is 0.0645. The van der Waals surface area contributed by atoms with Crippen LogP contribution in [-0.4, -0.2) is 16.0 Å². The summed E-state index contributed by atoms with van der Waals surface area (Å²) in [6.07, 6.45) is 7.86. The molecule has 1 aliphatic rings. The topological polar surface area (TPSA) is 71.4 Å². The van der Waals surface area contributed by atoms with Crippen molar-refractivity contribution in [2.24, 2.45) is 0 Å². The molecule has 37 heavy (non-hydrogen) atoms. The van der Waals surface area contributed by atoms with Gasteiger partial charge in [-0.1, -0.05) is 90.2 Å². The van der Waals surface area contributed by atoms with Gasteiger partial charge in [0.1, 0.15) is 5.75 Å². The van der Waals surface area contributed by atoms with Crippen LogP contribution in [0.5, 0.6) is 5.75 Å². The highest BCUT2D eigenvalue weighted by Gasteiger charge is 2.30. The maximum Gasteiger partial charge on any atom is 0.243 e. The Morgan fingerprint density at radius 1 is 0.703 bits per heavy atom. The zero-order chi connectivity index (χ0) is 25.5. The summed E-state index contributed by atoms with van der Waals surface area (Å²) >= 11 is 2.17. The van der Waals surface area contributed by atoms with E-state index in [1.807, 2.05) is 66.7 Å². The predicted molar refractivity (Wildman–Crippen MR) is 153 cm³/mol. The normalized spacial score (nSPS) is 15.1. The molecule has 0 aliphatic carbocycles. The quantitative estimate of drug-likeness (QED) is 0.118. The molecule has 0 fully saturated rings. The predicted octanol–water partition coefficient (Wildman–Crippen LogP) is 7.28. The third-order valence-corrected chi connectivity index (χ3v) is 8.43. The van der Waals surface area contributed by atoms with E-state index in [0.29, 0.717) is 15.8 Å². The largest absolute Gasteiger partial charge is 0.506 e. The molecule has 0 unspecified atom stereocenters. The first-order valence-corrected chi connectivity index (χ1v) is 13.2. The molecule has 1 aromatic heterocycles. The third kappa shape index (κ3) is 4.00. The first kappa shape index (κ1) is 23.2. The molecular weight excluding hydrogens is 500 g/mol. The Kier molecular flexibility index (Phi) is 5.83. The molecule has 0 radical (unpaired) electrons. The summed E-state index contributed by atoms with van der Waals surface area (Å²) in [6, 6.07) is 22.8. The standard InChI is InChI=1S/C31H18O4S2/c32-26-22-16-14-18-8-4-6-10-20(18)28(22)36-30(34)24(26)12-2-1-3-13-25-27(33)23-17-15-19-9-5-7-11-21(19)29(23)37-31(25)35/h1-17,32H/b3-1+,12-2+,25-13+. The fraction of sp³-hybridized carbons (Fsp3) is 0. The van der Waals surface area contributed by atoms with Gasteiger partial charge in [-0.15, -0.1) is 0 Å². The molecule has 0 spiro atoms. The molecule has 4 aromatic carbocycles. The summed E-state index contributed by atoms with van der Waals surface area (Å²) in [6.45, 7) is 0. The van der Waals surface area contributed by atoms with Crippen LogP contribution in [0.2, 0.25) is 0 Å². The number of rotatable bonds is 3. The number of carbonyl (C=O) groups excluding carboxylic acids is 2. The maximum atomic E-state index is 13.0. The Morgan fingerprint density at radius 2 is 1.41 bits per heavy atom. The Hall–Kier alpha value is -4.26. The van der Waals surface area contributed by atoms with Crippen molar-refractivity contribution >= 4 is 71.7 Å². The van der Waals surface area contributed by atoms with Crippen molar-refractivity contribution in [2.75, 3.05) is 0 Å². The van der Waals surface area contributed by atoms with Gasteiger partial charge in [-0.2, -0.15) is 0 Å². The number of Topliss-reactive ketones (excluding diaryl/α,β-unsaturated/α-hetero) is 1. The van der Waals surface area contributed by atoms with Crippen LogP contribution in [0.1, 0.15) is 15.9 Å². The van der Waals surface area contributed by atoms with Gasteiger partial charge in [0.05, 0.1) is 11.1 Å². The van der Waals surface area contributed by atoms with Crippen molar-refractivity contribution in [1.29, 1.82) is 0 Å². The lowest BCUT2D eigenvalue weighted by molar-refractivity contribution is -0.107. The lowest BCUT2D eigenvalue weighted by Gasteiger charge is -2.17. The molecule has 0 atom stereocenters. The molecule has 0 saturated carbocycles. The number of benzene rings is 4. The van der Waals surface area contributed by atoms with Crippen molar-refractivity contribution in [3.63, 3.8) is 0 Å². The van der Waals surface area contributed by atoms with Crippen molar-refractivity contribution in [3.05, 3.63) is 123 Å². The number of ketones is 1. The molecule has 5 aromatic rings. The number of hydrogen-bond acceptors (Lipinski definition) is 6. The van der Waals surface area contributed by atoms with Gasteiger partial charge < -0.3 is 5.11 Å². The molecule has 0 amide bonds. The molecule has 6 heteroatoms. The molecule has 2 heterocycles. The smallest absolute Gasteiger partial charge is 0.243 e. The Labute approximate surface area is 219 Å². The molecular formula is C31H18O4S2. The molecule has 1 N–H and O–H groups in total. The van der Waals surface area contributed by atoms with Gasteiger partial charge in [0.15, 0.2) is 5.78 Å². The molecule has 0 saturated heterocycles. The van der Waals surface area contributed by atoms with Gasteiger partial charge in [-0.05, 0) is 57.6 Å². The highest BCUT2D eigenvalue weighted by Crippen LogP contribution is 2.39. The monoisotopic (exact) mass is 518 g/mol. The van der Waals surface area contributed by atoms with E-state index in [4.69, 9.17) is 0 Å². The van der Waals surface area contributed by atoms with E-state index in [9.17, 15) is 19.5 Å². The van der Waals surface area contributed by atoms with Crippen LogP contribution < -0.4 is 4.74 Å². The molecule has 178 valence electrons. The van der Waals surface area contributed by atoms with Crippen LogP contribution in [-0.2, 0) is 4.79 Å². The van der Waals surface area contributed by atoms with E-state index >= 15 is 0 Å². The zero-order valence-electron chi connectivity index (χ0n) is 19.3. The van der Waals surface area contributed by atoms with E-state index in [2.05, 4.69) is 0 Å². The average Bonchev–Trinajstić information content (AvgIpc) is 2.91. The highest BCUT2D eigenvalue weighted by atomic mass is 32.2. The number of allylic oxidation sites excluding steroid dienone is 4. The lowest BCUT2D eigenvalue weighted by atomic mass is 9.99. The van der Waals surface area contributed by atoms with Gasteiger partial charge in [-0.3, -0.25) is 14.4 Å². The fourth-order valence-corrected chi connectivity index (χ4v) is 6.56. The SMILES string of the molecule is O=C1Sc2c(ccc3ccccc23)C(=O)\C1=C/C=C/C=C/c1c(O)c2ccc3ccccc3c2sc1=O. The van der Waals surface area contributed by atoms with Crippen LogP contribution in [0.3, 0.4) is 0 Å². The highest BCUT2D eigenvalue weighted by molar-refractivity contribution is 8.14. The van der Waals surface area contributed by atoms with Crippen LogP contribution >= 0.6 is 23.1 Å². The van der Waals surface area contributed by atoms with Gasteiger partial charge in [0, 0.05) is 20.5 Å². The minimum Gasteiger partial charge on any atom is -0.506 e. The van der Waals surface area contributed by atoms with Gasteiger partial charge in [0.25, 0.3) is 0 Å². The summed E-state index contributed by atoms with van der Waals surface area (Å²) < 4.78 is 0.500. The molecule has 6 rings (SSSR count). The summed E-state index contributed by atoms with van der Waals surface area (Å²) in [5, 5.41) is 14.9. The van der Waals surface area contributed by atoms with E-state index in [1.165, 1.54) is 6.08 Å².